The second-order valence-corrected chi connectivity index (χ2v) is 6.81. The van der Waals surface area contributed by atoms with E-state index in [1.54, 1.807) is 0 Å². The minimum Gasteiger partial charge on any atom is -0.368 e. The van der Waals surface area contributed by atoms with Crippen LogP contribution in [0.3, 0.4) is 0 Å². The minimum atomic E-state index is 1.07. The van der Waals surface area contributed by atoms with Crippen LogP contribution in [0.4, 0.5) is 0 Å². The number of hydrogen-bond donors (Lipinski definition) is 1. The maximum Gasteiger partial charge on any atom is 0.00107 e. The topological polar surface area (TPSA) is 12.0 Å². The van der Waals surface area contributed by atoms with Gasteiger partial charge in [0, 0.05) is 12.4 Å². The van der Waals surface area contributed by atoms with Crippen molar-refractivity contribution in [1.29, 1.82) is 0 Å². The molecule has 0 radical (unpaired) electrons. The molecule has 1 aliphatic carbocycles. The number of hydrogen-bond acceptors (Lipinski definition) is 1. The summed E-state index contributed by atoms with van der Waals surface area (Å²) in [4.78, 5) is 0. The van der Waals surface area contributed by atoms with E-state index in [4.69, 9.17) is 0 Å². The van der Waals surface area contributed by atoms with Gasteiger partial charge in [-0.05, 0) is 92.0 Å². The summed E-state index contributed by atoms with van der Waals surface area (Å²) in [6, 6.07) is 4.60. The van der Waals surface area contributed by atoms with Gasteiger partial charge in [-0.25, -0.2) is 0 Å². The first-order valence-corrected chi connectivity index (χ1v) is 8.91. The molecule has 1 nitrogen and oxygen atoms in total. The Morgan fingerprint density at radius 1 is 0.917 bits per heavy atom. The van der Waals surface area contributed by atoms with Crippen molar-refractivity contribution in [3.63, 3.8) is 0 Å². The van der Waals surface area contributed by atoms with Crippen LogP contribution in [-0.4, -0.2) is 0 Å². The van der Waals surface area contributed by atoms with E-state index in [-0.39, 0.29) is 0 Å². The second kappa shape index (κ2) is 7.53. The molecule has 0 aromatic heterocycles. The molecule has 24 heavy (non-hydrogen) atoms. The largest absolute Gasteiger partial charge is 0.368 e. The summed E-state index contributed by atoms with van der Waals surface area (Å²) < 4.78 is 0. The van der Waals surface area contributed by atoms with Gasteiger partial charge in [0.15, 0.2) is 0 Å². The third kappa shape index (κ3) is 3.62. The van der Waals surface area contributed by atoms with Crippen molar-refractivity contribution in [2.75, 3.05) is 0 Å². The summed E-state index contributed by atoms with van der Waals surface area (Å²) in [5, 5.41) is 3.25. The summed E-state index contributed by atoms with van der Waals surface area (Å²) >= 11 is 0. The fourth-order valence-electron chi connectivity index (χ4n) is 3.66. The minimum absolute atomic E-state index is 1.07. The smallest absolute Gasteiger partial charge is 0.00107 e. The molecule has 0 atom stereocenters. The molecular weight excluding hydrogens is 290 g/mol. The third-order valence-corrected chi connectivity index (χ3v) is 4.92. The summed E-state index contributed by atoms with van der Waals surface area (Å²) in [7, 11) is 0. The van der Waals surface area contributed by atoms with Crippen LogP contribution in [-0.2, 0) is 6.42 Å². The molecule has 3 rings (SSSR count). The Bertz CT molecular complexity index is 769. The van der Waals surface area contributed by atoms with E-state index in [1.165, 1.54) is 45.4 Å². The van der Waals surface area contributed by atoms with Crippen molar-refractivity contribution in [3.05, 3.63) is 82.2 Å². The van der Waals surface area contributed by atoms with Crippen LogP contribution in [0.25, 0.3) is 11.6 Å². The Labute approximate surface area is 146 Å². The Morgan fingerprint density at radius 3 is 2.62 bits per heavy atom. The normalized spacial score (nSPS) is 21.9. The zero-order valence-corrected chi connectivity index (χ0v) is 15.0. The molecular formula is C23H27N. The third-order valence-electron chi connectivity index (χ3n) is 4.92. The first-order valence-electron chi connectivity index (χ1n) is 8.91. The van der Waals surface area contributed by atoms with Gasteiger partial charge in [-0.15, -0.1) is 0 Å². The van der Waals surface area contributed by atoms with Crippen LogP contribution in [0.15, 0.2) is 60.0 Å². The van der Waals surface area contributed by atoms with Gasteiger partial charge >= 0.3 is 0 Å². The van der Waals surface area contributed by atoms with Gasteiger partial charge in [-0.2, -0.15) is 0 Å². The second-order valence-electron chi connectivity index (χ2n) is 6.81. The Balaban J connectivity index is 2.15. The van der Waals surface area contributed by atoms with Gasteiger partial charge < -0.3 is 5.32 Å². The summed E-state index contributed by atoms with van der Waals surface area (Å²) in [6.07, 6.45) is 19.5. The molecule has 2 aliphatic rings. The van der Waals surface area contributed by atoms with Crippen molar-refractivity contribution in [2.45, 2.75) is 46.5 Å². The molecule has 124 valence electrons. The standard InChI is InChI=1S/C23H27N/c1-17-9-12-21(19(3)16-17)23-18(2)10-11-20-8-6-4-5-7-14-24-15-13-22(20)23/h4-5,7,10-11,13-16,24H,6,8-9,12H2,1-3H3/b5-4-,14-7+,15-13-. The van der Waals surface area contributed by atoms with Crippen LogP contribution in [0.2, 0.25) is 0 Å². The molecule has 0 bridgehead atoms. The fraction of sp³-hybridized carbons (Fsp3) is 0.304. The lowest BCUT2D eigenvalue weighted by Gasteiger charge is -2.22. The van der Waals surface area contributed by atoms with E-state index in [1.807, 2.05) is 12.3 Å². The van der Waals surface area contributed by atoms with Gasteiger partial charge in [0.25, 0.3) is 0 Å². The summed E-state index contributed by atoms with van der Waals surface area (Å²) in [5.74, 6) is 0. The molecule has 0 saturated carbocycles. The van der Waals surface area contributed by atoms with Crippen molar-refractivity contribution in [1.82, 2.24) is 5.32 Å². The Hall–Kier alpha value is -2.28. The molecule has 0 saturated heterocycles. The van der Waals surface area contributed by atoms with Crippen molar-refractivity contribution < 1.29 is 0 Å². The number of aryl methyl sites for hydroxylation is 2. The number of nitrogens with one attached hydrogen (secondary N) is 1. The van der Waals surface area contributed by atoms with Gasteiger partial charge in [0.1, 0.15) is 0 Å². The van der Waals surface area contributed by atoms with Crippen LogP contribution >= 0.6 is 0 Å². The molecule has 1 aromatic rings. The number of allylic oxidation sites excluding steroid dienone is 7. The van der Waals surface area contributed by atoms with Gasteiger partial charge in [-0.3, -0.25) is 0 Å². The monoisotopic (exact) mass is 317 g/mol. The highest BCUT2D eigenvalue weighted by Crippen LogP contribution is 2.37. The molecule has 1 heteroatoms. The Morgan fingerprint density at radius 2 is 1.79 bits per heavy atom. The van der Waals surface area contributed by atoms with Crippen molar-refractivity contribution in [2.24, 2.45) is 0 Å². The molecule has 1 aliphatic heterocycles. The quantitative estimate of drug-likeness (QED) is 0.661. The zero-order chi connectivity index (χ0) is 16.9. The maximum atomic E-state index is 3.25. The molecule has 1 N–H and O–H groups in total. The van der Waals surface area contributed by atoms with Gasteiger partial charge in [-0.1, -0.05) is 35.9 Å². The summed E-state index contributed by atoms with van der Waals surface area (Å²) in [5.41, 5.74) is 10.1. The average Bonchev–Trinajstić information content (AvgIpc) is 2.60. The van der Waals surface area contributed by atoms with Crippen LogP contribution in [0, 0.1) is 6.92 Å². The zero-order valence-electron chi connectivity index (χ0n) is 15.0. The number of benzene rings is 1. The van der Waals surface area contributed by atoms with E-state index in [0.29, 0.717) is 0 Å². The van der Waals surface area contributed by atoms with Crippen molar-refractivity contribution in [3.8, 4) is 0 Å². The lowest BCUT2D eigenvalue weighted by Crippen LogP contribution is -2.04. The highest BCUT2D eigenvalue weighted by molar-refractivity contribution is 5.81. The highest BCUT2D eigenvalue weighted by atomic mass is 14.8. The summed E-state index contributed by atoms with van der Waals surface area (Å²) in [6.45, 7) is 6.74. The van der Waals surface area contributed by atoms with Gasteiger partial charge in [0.2, 0.25) is 0 Å². The van der Waals surface area contributed by atoms with Crippen LogP contribution in [0.1, 0.15) is 55.4 Å². The number of rotatable bonds is 1. The molecule has 1 heterocycles. The number of fused-ring (bicyclic) bond motifs is 1. The van der Waals surface area contributed by atoms with E-state index in [2.05, 4.69) is 68.7 Å². The van der Waals surface area contributed by atoms with E-state index in [0.717, 1.165) is 19.3 Å². The first-order chi connectivity index (χ1) is 11.7. The predicted molar refractivity (Wildman–Crippen MR) is 106 cm³/mol. The average molecular weight is 317 g/mol. The molecule has 0 unspecified atom stereocenters. The lowest BCUT2D eigenvalue weighted by atomic mass is 9.82. The van der Waals surface area contributed by atoms with Crippen LogP contribution < -0.4 is 5.32 Å². The van der Waals surface area contributed by atoms with Crippen molar-refractivity contribution >= 4 is 11.6 Å². The molecule has 0 amide bonds. The maximum absolute atomic E-state index is 3.25. The van der Waals surface area contributed by atoms with E-state index in [9.17, 15) is 0 Å². The van der Waals surface area contributed by atoms with E-state index < -0.39 is 0 Å². The SMILES string of the molecule is CC1=CC(C)=C(c2c(C)ccc3c2/C=C\N/C=C/C=C\CC3)CC1. The van der Waals surface area contributed by atoms with Crippen LogP contribution in [0.5, 0.6) is 0 Å². The van der Waals surface area contributed by atoms with E-state index >= 15 is 0 Å². The predicted octanol–water partition coefficient (Wildman–Crippen LogP) is 6.09. The van der Waals surface area contributed by atoms with Gasteiger partial charge in [0.05, 0.1) is 0 Å². The highest BCUT2D eigenvalue weighted by Gasteiger charge is 2.17. The molecule has 1 aromatic carbocycles. The Kier molecular flexibility index (Phi) is 5.20. The molecule has 0 spiro atoms. The first kappa shape index (κ1) is 16.6. The molecule has 0 fully saturated rings. The lowest BCUT2D eigenvalue weighted by molar-refractivity contribution is 0.954. The fourth-order valence-corrected chi connectivity index (χ4v) is 3.66.